The second-order valence-electron chi connectivity index (χ2n) is 13.9. The van der Waals surface area contributed by atoms with Crippen LogP contribution in [0.1, 0.15) is 74.7 Å². The number of urea groups is 1. The summed E-state index contributed by atoms with van der Waals surface area (Å²) in [6.45, 7) is 15.8. The summed E-state index contributed by atoms with van der Waals surface area (Å²) in [5.41, 5.74) is -2.38. The lowest BCUT2D eigenvalue weighted by atomic mass is 9.85. The van der Waals surface area contributed by atoms with E-state index in [0.29, 0.717) is 25.8 Å². The Balaban J connectivity index is 1.80. The number of rotatable bonds is 9. The first-order valence-corrected chi connectivity index (χ1v) is 15.7. The molecular weight excluding hydrogens is 546 g/mol. The zero-order chi connectivity index (χ0) is 31.0. The van der Waals surface area contributed by atoms with Crippen molar-refractivity contribution >= 4 is 27.9 Å². The fourth-order valence-electron chi connectivity index (χ4n) is 5.11. The smallest absolute Gasteiger partial charge is 0.315 e. The van der Waals surface area contributed by atoms with Crippen LogP contribution in [0.3, 0.4) is 0 Å². The number of aliphatic hydroxyl groups excluding tert-OH is 1. The van der Waals surface area contributed by atoms with Crippen molar-refractivity contribution in [2.24, 2.45) is 17.3 Å². The van der Waals surface area contributed by atoms with Crippen molar-refractivity contribution in [2.45, 2.75) is 109 Å². The van der Waals surface area contributed by atoms with Crippen LogP contribution in [0.2, 0.25) is 0 Å². The van der Waals surface area contributed by atoms with Gasteiger partial charge in [-0.15, -0.1) is 0 Å². The largest absolute Gasteiger partial charge is 0.376 e. The summed E-state index contributed by atoms with van der Waals surface area (Å²) in [6, 6.07) is 5.65. The Kier molecular flexibility index (Phi) is 9.51. The number of carbonyl (C=O) groups excluding carboxylic acids is 3. The molecule has 2 fully saturated rings. The first kappa shape index (κ1) is 32.8. The van der Waals surface area contributed by atoms with Crippen LogP contribution in [0.5, 0.6) is 0 Å². The average Bonchev–Trinajstić information content (AvgIpc) is 3.47. The van der Waals surface area contributed by atoms with E-state index in [1.807, 2.05) is 41.5 Å². The Morgan fingerprint density at radius 2 is 1.61 bits per heavy atom. The number of nitrogens with one attached hydrogen (secondary N) is 4. The molecule has 4 atom stereocenters. The highest BCUT2D eigenvalue weighted by Gasteiger charge is 2.55. The normalized spacial score (nSPS) is 22.5. The van der Waals surface area contributed by atoms with Gasteiger partial charge >= 0.3 is 6.03 Å². The highest BCUT2D eigenvalue weighted by atomic mass is 32.2. The lowest BCUT2D eigenvalue weighted by molar-refractivity contribution is -0.136. The lowest BCUT2D eigenvalue weighted by Crippen LogP contribution is -2.63. The zero-order valence-corrected chi connectivity index (χ0v) is 26.3. The minimum atomic E-state index is -4.10. The van der Waals surface area contributed by atoms with Gasteiger partial charge in [0.2, 0.25) is 5.91 Å². The molecule has 0 spiro atoms. The second kappa shape index (κ2) is 11.9. The molecule has 2 aliphatic rings. The summed E-state index contributed by atoms with van der Waals surface area (Å²) >= 11 is 0. The molecule has 3 unspecified atom stereocenters. The van der Waals surface area contributed by atoms with Gasteiger partial charge in [-0.25, -0.2) is 17.9 Å². The van der Waals surface area contributed by atoms with Crippen LogP contribution in [0, 0.1) is 17.3 Å². The summed E-state index contributed by atoms with van der Waals surface area (Å²) in [4.78, 5) is 41.3. The molecule has 3 rings (SSSR count). The number of carbonyl (C=O) groups is 3. The fourth-order valence-corrected chi connectivity index (χ4v) is 6.18. The van der Waals surface area contributed by atoms with E-state index in [1.54, 1.807) is 23.1 Å². The number of nitrogens with zero attached hydrogens (tertiary/aromatic N) is 1. The molecule has 1 saturated heterocycles. The molecule has 1 aliphatic carbocycles. The molecule has 0 bridgehead atoms. The first-order valence-electron chi connectivity index (χ1n) is 14.2. The Labute approximate surface area is 244 Å². The third-order valence-electron chi connectivity index (χ3n) is 7.79. The minimum absolute atomic E-state index is 0.0449. The predicted molar refractivity (Wildman–Crippen MR) is 156 cm³/mol. The molecule has 1 aliphatic heterocycles. The number of aliphatic hydroxyl groups is 1. The number of sulfonamides is 1. The van der Waals surface area contributed by atoms with Crippen molar-refractivity contribution in [3.63, 3.8) is 0 Å². The third kappa shape index (κ3) is 8.20. The van der Waals surface area contributed by atoms with E-state index < -0.39 is 62.7 Å². The first-order chi connectivity index (χ1) is 18.8. The van der Waals surface area contributed by atoms with Crippen LogP contribution < -0.4 is 20.7 Å². The molecular formula is C29H47N5O6S. The molecule has 230 valence electrons. The molecule has 0 radical (unpaired) electrons. The van der Waals surface area contributed by atoms with Gasteiger partial charge in [-0.2, -0.15) is 0 Å². The maximum Gasteiger partial charge on any atom is 0.315 e. The molecule has 1 aromatic rings. The van der Waals surface area contributed by atoms with Gasteiger partial charge in [-0.1, -0.05) is 52.8 Å². The van der Waals surface area contributed by atoms with E-state index in [1.165, 1.54) is 12.1 Å². The van der Waals surface area contributed by atoms with Gasteiger partial charge in [-0.3, -0.25) is 14.5 Å². The van der Waals surface area contributed by atoms with Crippen LogP contribution in [0.4, 0.5) is 4.79 Å². The van der Waals surface area contributed by atoms with E-state index in [4.69, 9.17) is 0 Å². The Hall–Kier alpha value is -2.70. The van der Waals surface area contributed by atoms with Crippen molar-refractivity contribution < 1.29 is 27.9 Å². The summed E-state index contributed by atoms with van der Waals surface area (Å²) in [7, 11) is -4.10. The molecule has 0 aromatic heterocycles. The van der Waals surface area contributed by atoms with Crippen molar-refractivity contribution in [1.82, 2.24) is 25.6 Å². The molecule has 5 N–H and O–H groups in total. The van der Waals surface area contributed by atoms with Crippen LogP contribution in [0.25, 0.3) is 0 Å². The summed E-state index contributed by atoms with van der Waals surface area (Å²) in [5, 5.41) is 20.2. The molecule has 1 heterocycles. The topological polar surface area (TPSA) is 157 Å². The highest BCUT2D eigenvalue weighted by molar-refractivity contribution is 7.90. The summed E-state index contributed by atoms with van der Waals surface area (Å²) in [5.74, 6) is -0.925. The third-order valence-corrected chi connectivity index (χ3v) is 9.14. The summed E-state index contributed by atoms with van der Waals surface area (Å²) in [6.07, 6.45) is -0.137. The van der Waals surface area contributed by atoms with E-state index in [0.717, 1.165) is 0 Å². The maximum absolute atomic E-state index is 13.7. The number of hydrogen-bond acceptors (Lipinski definition) is 7. The van der Waals surface area contributed by atoms with Gasteiger partial charge in [0.05, 0.1) is 17.0 Å². The Bertz CT molecular complexity index is 1220. The maximum atomic E-state index is 13.7. The highest BCUT2D eigenvalue weighted by Crippen LogP contribution is 2.38. The Morgan fingerprint density at radius 3 is 2.10 bits per heavy atom. The standard InChI is InChI=1S/C29H47N5O6S/c1-18(2)19-16-21(34(17-19)24(36)22(27(3,4)5)30-26(38)32-28(6,7)8)23(35)31-29(14-15-29)25(37)33-41(39,40)20-12-10-9-11-13-20/h9-13,18-19,21-22,24,36H,14-17H2,1-8H3,(H,31,35)(H,33,37)(H2,30,32,38)/t19?,21-,22?,24?/m0/s1. The van der Waals surface area contributed by atoms with Crippen molar-refractivity contribution in [1.29, 1.82) is 0 Å². The van der Waals surface area contributed by atoms with Gasteiger partial charge in [-0.05, 0) is 69.4 Å². The van der Waals surface area contributed by atoms with E-state index in [2.05, 4.69) is 34.5 Å². The van der Waals surface area contributed by atoms with E-state index >= 15 is 0 Å². The van der Waals surface area contributed by atoms with Crippen molar-refractivity contribution in [2.75, 3.05) is 6.54 Å². The quantitative estimate of drug-likeness (QED) is 0.294. The number of amides is 4. The van der Waals surface area contributed by atoms with Crippen LogP contribution in [-0.2, 0) is 19.6 Å². The molecule has 41 heavy (non-hydrogen) atoms. The SMILES string of the molecule is CC(C)C1C[C@@H](C(=O)NC2(C(=O)NS(=O)(=O)c3ccccc3)CC2)N(C(O)C(NC(=O)NC(C)(C)C)C(C)(C)C)C1. The zero-order valence-electron chi connectivity index (χ0n) is 25.4. The van der Waals surface area contributed by atoms with Crippen LogP contribution in [-0.4, -0.2) is 72.2 Å². The fraction of sp³-hybridized carbons (Fsp3) is 0.690. The van der Waals surface area contributed by atoms with E-state index in [9.17, 15) is 27.9 Å². The van der Waals surface area contributed by atoms with Gasteiger partial charge in [0.1, 0.15) is 11.8 Å². The number of likely N-dealkylation sites (tertiary alicyclic amines) is 1. The monoisotopic (exact) mass is 593 g/mol. The summed E-state index contributed by atoms with van der Waals surface area (Å²) < 4.78 is 27.6. The van der Waals surface area contributed by atoms with Gasteiger partial charge < -0.3 is 21.1 Å². The molecule has 11 nitrogen and oxygen atoms in total. The van der Waals surface area contributed by atoms with Crippen molar-refractivity contribution in [3.05, 3.63) is 30.3 Å². The lowest BCUT2D eigenvalue weighted by Gasteiger charge is -2.41. The molecule has 1 aromatic carbocycles. The van der Waals surface area contributed by atoms with Gasteiger partial charge in [0.25, 0.3) is 15.9 Å². The van der Waals surface area contributed by atoms with Crippen LogP contribution >= 0.6 is 0 Å². The molecule has 1 saturated carbocycles. The number of benzene rings is 1. The van der Waals surface area contributed by atoms with Gasteiger partial charge in [0.15, 0.2) is 0 Å². The van der Waals surface area contributed by atoms with E-state index in [-0.39, 0.29) is 16.7 Å². The predicted octanol–water partition coefficient (Wildman–Crippen LogP) is 2.32. The van der Waals surface area contributed by atoms with Gasteiger partial charge in [0, 0.05) is 12.1 Å². The number of hydrogen-bond donors (Lipinski definition) is 5. The molecule has 12 heteroatoms. The van der Waals surface area contributed by atoms with Crippen molar-refractivity contribution in [3.8, 4) is 0 Å². The Morgan fingerprint density at radius 1 is 1.02 bits per heavy atom. The minimum Gasteiger partial charge on any atom is -0.376 e. The average molecular weight is 594 g/mol. The molecule has 4 amide bonds. The second-order valence-corrected chi connectivity index (χ2v) is 15.6. The van der Waals surface area contributed by atoms with Crippen LogP contribution in [0.15, 0.2) is 35.2 Å².